The number of ether oxygens (including phenoxy) is 1. The maximum atomic E-state index is 12.2. The largest absolute Gasteiger partial charge is 0.481 e. The Morgan fingerprint density at radius 1 is 1.35 bits per heavy atom. The van der Waals surface area contributed by atoms with Crippen LogP contribution in [-0.2, 0) is 20.9 Å². The van der Waals surface area contributed by atoms with Crippen LogP contribution >= 0.6 is 0 Å². The SMILES string of the molecule is COCCN(Cc1ccccc1)C(=O)C(N)CC(=O)O. The second-order valence-corrected chi connectivity index (χ2v) is 4.44. The van der Waals surface area contributed by atoms with E-state index < -0.39 is 12.0 Å². The van der Waals surface area contributed by atoms with Crippen molar-refractivity contribution in [3.05, 3.63) is 35.9 Å². The van der Waals surface area contributed by atoms with Gasteiger partial charge in [0, 0.05) is 20.2 Å². The van der Waals surface area contributed by atoms with Crippen molar-refractivity contribution in [3.63, 3.8) is 0 Å². The zero-order valence-electron chi connectivity index (χ0n) is 11.5. The van der Waals surface area contributed by atoms with E-state index in [1.807, 2.05) is 30.3 Å². The molecule has 1 amide bonds. The van der Waals surface area contributed by atoms with Gasteiger partial charge in [0.1, 0.15) is 0 Å². The number of carboxylic acids is 1. The minimum atomic E-state index is -1.09. The third-order valence-corrected chi connectivity index (χ3v) is 2.80. The molecule has 0 saturated heterocycles. The second-order valence-electron chi connectivity index (χ2n) is 4.44. The molecule has 0 aliphatic heterocycles. The Bertz CT molecular complexity index is 436. The Morgan fingerprint density at radius 3 is 2.55 bits per heavy atom. The lowest BCUT2D eigenvalue weighted by Gasteiger charge is -2.25. The molecule has 1 unspecified atom stereocenters. The molecule has 0 heterocycles. The summed E-state index contributed by atoms with van der Waals surface area (Å²) in [5.74, 6) is -1.47. The molecule has 3 N–H and O–H groups in total. The minimum absolute atomic E-state index is 0.373. The predicted octanol–water partition coefficient (Wildman–Crippen LogP) is 0.464. The van der Waals surface area contributed by atoms with Gasteiger partial charge in [0.05, 0.1) is 19.1 Å². The van der Waals surface area contributed by atoms with Crippen molar-refractivity contribution < 1.29 is 19.4 Å². The number of methoxy groups -OCH3 is 1. The van der Waals surface area contributed by atoms with Crippen molar-refractivity contribution in [3.8, 4) is 0 Å². The van der Waals surface area contributed by atoms with Gasteiger partial charge in [0.15, 0.2) is 0 Å². The van der Waals surface area contributed by atoms with E-state index in [9.17, 15) is 9.59 Å². The van der Waals surface area contributed by atoms with Gasteiger partial charge in [-0.1, -0.05) is 30.3 Å². The van der Waals surface area contributed by atoms with Gasteiger partial charge in [-0.25, -0.2) is 0 Å². The van der Waals surface area contributed by atoms with Crippen LogP contribution in [0.3, 0.4) is 0 Å². The standard InChI is InChI=1S/C14H20N2O4/c1-20-8-7-16(10-11-5-3-2-4-6-11)14(19)12(15)9-13(17)18/h2-6,12H,7-10,15H2,1H3,(H,17,18). The Hall–Kier alpha value is -1.92. The van der Waals surface area contributed by atoms with Gasteiger partial charge in [-0.2, -0.15) is 0 Å². The topological polar surface area (TPSA) is 92.9 Å². The molecule has 110 valence electrons. The molecule has 0 bridgehead atoms. The summed E-state index contributed by atoms with van der Waals surface area (Å²) in [4.78, 5) is 24.3. The van der Waals surface area contributed by atoms with E-state index in [1.54, 1.807) is 7.11 Å². The lowest BCUT2D eigenvalue weighted by atomic mass is 10.1. The van der Waals surface area contributed by atoms with Gasteiger partial charge in [0.2, 0.25) is 5.91 Å². The Morgan fingerprint density at radius 2 is 2.00 bits per heavy atom. The lowest BCUT2D eigenvalue weighted by Crippen LogP contribution is -2.45. The first-order valence-corrected chi connectivity index (χ1v) is 6.33. The third-order valence-electron chi connectivity index (χ3n) is 2.80. The number of amides is 1. The molecule has 0 saturated carbocycles. The van der Waals surface area contributed by atoms with E-state index in [0.717, 1.165) is 5.56 Å². The number of aliphatic carboxylic acids is 1. The minimum Gasteiger partial charge on any atom is -0.481 e. The van der Waals surface area contributed by atoms with E-state index in [0.29, 0.717) is 19.7 Å². The first-order valence-electron chi connectivity index (χ1n) is 6.33. The molecule has 1 aromatic carbocycles. The van der Waals surface area contributed by atoms with E-state index in [2.05, 4.69) is 0 Å². The molecule has 20 heavy (non-hydrogen) atoms. The average Bonchev–Trinajstić information content (AvgIpc) is 2.43. The smallest absolute Gasteiger partial charge is 0.305 e. The molecule has 0 fully saturated rings. The first-order chi connectivity index (χ1) is 9.54. The van der Waals surface area contributed by atoms with E-state index in [1.165, 1.54) is 4.90 Å². The quantitative estimate of drug-likeness (QED) is 0.722. The molecule has 0 spiro atoms. The number of benzene rings is 1. The van der Waals surface area contributed by atoms with Crippen LogP contribution in [-0.4, -0.2) is 48.2 Å². The molecule has 0 radical (unpaired) electrons. The summed E-state index contributed by atoms with van der Waals surface area (Å²) >= 11 is 0. The van der Waals surface area contributed by atoms with Gasteiger partial charge in [-0.15, -0.1) is 0 Å². The molecule has 0 aromatic heterocycles. The highest BCUT2D eigenvalue weighted by Gasteiger charge is 2.23. The summed E-state index contributed by atoms with van der Waals surface area (Å²) in [5, 5.41) is 8.70. The number of carboxylic acid groups (broad SMARTS) is 1. The van der Waals surface area contributed by atoms with Crippen molar-refractivity contribution >= 4 is 11.9 Å². The number of hydrogen-bond donors (Lipinski definition) is 2. The number of hydrogen-bond acceptors (Lipinski definition) is 4. The normalized spacial score (nSPS) is 11.9. The van der Waals surface area contributed by atoms with E-state index >= 15 is 0 Å². The van der Waals surface area contributed by atoms with Crippen LogP contribution in [0.2, 0.25) is 0 Å². The molecule has 6 nitrogen and oxygen atoms in total. The fourth-order valence-electron chi connectivity index (χ4n) is 1.78. The molecule has 0 aliphatic rings. The van der Waals surface area contributed by atoms with Crippen LogP contribution in [0.5, 0.6) is 0 Å². The van der Waals surface area contributed by atoms with Crippen molar-refractivity contribution in [1.29, 1.82) is 0 Å². The second kappa shape index (κ2) is 8.29. The molecule has 1 aromatic rings. The van der Waals surface area contributed by atoms with Crippen LogP contribution in [0.4, 0.5) is 0 Å². The Kier molecular flexibility index (Phi) is 6.69. The van der Waals surface area contributed by atoms with Gasteiger partial charge >= 0.3 is 5.97 Å². The molecule has 6 heteroatoms. The fourth-order valence-corrected chi connectivity index (χ4v) is 1.78. The maximum Gasteiger partial charge on any atom is 0.305 e. The van der Waals surface area contributed by atoms with Crippen LogP contribution < -0.4 is 5.73 Å². The van der Waals surface area contributed by atoms with Crippen LogP contribution in [0.25, 0.3) is 0 Å². The highest BCUT2D eigenvalue weighted by atomic mass is 16.5. The zero-order chi connectivity index (χ0) is 15.0. The van der Waals surface area contributed by atoms with Gasteiger partial charge in [0.25, 0.3) is 0 Å². The highest BCUT2D eigenvalue weighted by Crippen LogP contribution is 2.07. The predicted molar refractivity (Wildman–Crippen MR) is 74.0 cm³/mol. The molecule has 1 rings (SSSR count). The zero-order valence-corrected chi connectivity index (χ0v) is 11.5. The summed E-state index contributed by atoms with van der Waals surface area (Å²) < 4.78 is 4.97. The summed E-state index contributed by atoms with van der Waals surface area (Å²) in [6.07, 6.45) is -0.378. The maximum absolute atomic E-state index is 12.2. The molecular weight excluding hydrogens is 260 g/mol. The van der Waals surface area contributed by atoms with Crippen LogP contribution in [0, 0.1) is 0 Å². The number of carbonyl (C=O) groups excluding carboxylic acids is 1. The van der Waals surface area contributed by atoms with Crippen molar-refractivity contribution in [2.24, 2.45) is 5.73 Å². The molecule has 0 aliphatic carbocycles. The summed E-state index contributed by atoms with van der Waals surface area (Å²) in [7, 11) is 1.54. The molecular formula is C14H20N2O4. The van der Waals surface area contributed by atoms with Gasteiger partial charge in [-0.05, 0) is 5.56 Å². The van der Waals surface area contributed by atoms with E-state index in [4.69, 9.17) is 15.6 Å². The monoisotopic (exact) mass is 280 g/mol. The number of carbonyl (C=O) groups is 2. The van der Waals surface area contributed by atoms with Crippen molar-refractivity contribution in [1.82, 2.24) is 4.90 Å². The first kappa shape index (κ1) is 16.1. The fraction of sp³-hybridized carbons (Fsp3) is 0.429. The third kappa shape index (κ3) is 5.38. The van der Waals surface area contributed by atoms with Crippen molar-refractivity contribution in [2.45, 2.75) is 19.0 Å². The Balaban J connectivity index is 2.72. The van der Waals surface area contributed by atoms with E-state index in [-0.39, 0.29) is 12.3 Å². The van der Waals surface area contributed by atoms with Gasteiger partial charge in [-0.3, -0.25) is 9.59 Å². The number of nitrogens with zero attached hydrogens (tertiary/aromatic N) is 1. The number of rotatable bonds is 8. The number of nitrogens with two attached hydrogens (primary N) is 1. The average molecular weight is 280 g/mol. The van der Waals surface area contributed by atoms with Crippen LogP contribution in [0.15, 0.2) is 30.3 Å². The van der Waals surface area contributed by atoms with Gasteiger partial charge < -0.3 is 20.5 Å². The highest BCUT2D eigenvalue weighted by molar-refractivity contribution is 5.86. The van der Waals surface area contributed by atoms with Crippen molar-refractivity contribution in [2.75, 3.05) is 20.3 Å². The summed E-state index contributed by atoms with van der Waals surface area (Å²) in [5.41, 5.74) is 6.59. The Labute approximate surface area is 118 Å². The lowest BCUT2D eigenvalue weighted by molar-refractivity contribution is -0.142. The molecule has 1 atom stereocenters. The van der Waals surface area contributed by atoms with Crippen LogP contribution in [0.1, 0.15) is 12.0 Å². The summed E-state index contributed by atoms with van der Waals surface area (Å²) in [6, 6.07) is 8.41. The summed E-state index contributed by atoms with van der Waals surface area (Å²) in [6.45, 7) is 1.13.